The lowest BCUT2D eigenvalue weighted by Gasteiger charge is -2.15. The molecule has 20 heavy (non-hydrogen) atoms. The quantitative estimate of drug-likeness (QED) is 0.862. The Labute approximate surface area is 115 Å². The molecule has 1 unspecified atom stereocenters. The Morgan fingerprint density at radius 1 is 1.40 bits per heavy atom. The van der Waals surface area contributed by atoms with Crippen molar-refractivity contribution >= 4 is 5.91 Å². The van der Waals surface area contributed by atoms with Crippen LogP contribution in [0.25, 0.3) is 0 Å². The molecule has 0 heterocycles. The SMILES string of the molecule is CN(C)C(=O)CNCC(O)c1cccc(C(F)(F)F)c1. The van der Waals surface area contributed by atoms with Gasteiger partial charge in [-0.05, 0) is 17.7 Å². The molecule has 0 aliphatic carbocycles. The van der Waals surface area contributed by atoms with Crippen LogP contribution < -0.4 is 5.32 Å². The molecule has 0 spiro atoms. The number of hydrogen-bond donors (Lipinski definition) is 2. The molecule has 0 radical (unpaired) electrons. The predicted octanol–water partition coefficient (Wildman–Crippen LogP) is 1.42. The van der Waals surface area contributed by atoms with E-state index in [0.29, 0.717) is 0 Å². The molecule has 0 fully saturated rings. The van der Waals surface area contributed by atoms with Gasteiger partial charge in [0.15, 0.2) is 0 Å². The first-order valence-electron chi connectivity index (χ1n) is 5.98. The van der Waals surface area contributed by atoms with E-state index in [4.69, 9.17) is 0 Å². The Morgan fingerprint density at radius 2 is 2.05 bits per heavy atom. The zero-order valence-corrected chi connectivity index (χ0v) is 11.2. The highest BCUT2D eigenvalue weighted by atomic mass is 19.4. The van der Waals surface area contributed by atoms with Crippen LogP contribution in [-0.4, -0.2) is 43.1 Å². The molecular formula is C13H17F3N2O2. The lowest BCUT2D eigenvalue weighted by molar-refractivity contribution is -0.137. The van der Waals surface area contributed by atoms with Crippen LogP contribution in [0.2, 0.25) is 0 Å². The molecule has 1 amide bonds. The van der Waals surface area contributed by atoms with Gasteiger partial charge in [0.05, 0.1) is 18.2 Å². The number of aliphatic hydroxyl groups is 1. The van der Waals surface area contributed by atoms with Crippen LogP contribution in [0.3, 0.4) is 0 Å². The van der Waals surface area contributed by atoms with Gasteiger partial charge in [0.2, 0.25) is 5.91 Å². The number of carbonyl (C=O) groups excluding carboxylic acids is 1. The van der Waals surface area contributed by atoms with Crippen molar-refractivity contribution in [2.45, 2.75) is 12.3 Å². The number of nitrogens with zero attached hydrogens (tertiary/aromatic N) is 1. The molecule has 0 saturated carbocycles. The van der Waals surface area contributed by atoms with Crippen LogP contribution in [0, 0.1) is 0 Å². The van der Waals surface area contributed by atoms with E-state index in [1.807, 2.05) is 0 Å². The number of likely N-dealkylation sites (N-methyl/N-ethyl adjacent to an activating group) is 1. The lowest BCUT2D eigenvalue weighted by Crippen LogP contribution is -2.34. The standard InChI is InChI=1S/C13H17F3N2O2/c1-18(2)12(20)8-17-7-11(19)9-4-3-5-10(6-9)13(14,15)16/h3-6,11,17,19H,7-8H2,1-2H3. The van der Waals surface area contributed by atoms with Gasteiger partial charge in [0.1, 0.15) is 0 Å². The van der Waals surface area contributed by atoms with E-state index in [1.165, 1.54) is 17.0 Å². The van der Waals surface area contributed by atoms with Gasteiger partial charge in [-0.15, -0.1) is 0 Å². The van der Waals surface area contributed by atoms with E-state index < -0.39 is 17.8 Å². The van der Waals surface area contributed by atoms with Crippen molar-refractivity contribution in [3.05, 3.63) is 35.4 Å². The Morgan fingerprint density at radius 3 is 2.60 bits per heavy atom. The van der Waals surface area contributed by atoms with Gasteiger partial charge in [-0.1, -0.05) is 12.1 Å². The summed E-state index contributed by atoms with van der Waals surface area (Å²) in [6, 6.07) is 4.50. The average Bonchev–Trinajstić information content (AvgIpc) is 2.37. The molecule has 4 nitrogen and oxygen atoms in total. The van der Waals surface area contributed by atoms with Crippen molar-refractivity contribution < 1.29 is 23.1 Å². The minimum atomic E-state index is -4.44. The monoisotopic (exact) mass is 290 g/mol. The van der Waals surface area contributed by atoms with Crippen molar-refractivity contribution in [3.63, 3.8) is 0 Å². The normalized spacial score (nSPS) is 13.1. The predicted molar refractivity (Wildman–Crippen MR) is 68.0 cm³/mol. The first kappa shape index (κ1) is 16.5. The molecule has 112 valence electrons. The third-order valence-electron chi connectivity index (χ3n) is 2.71. The molecule has 1 aromatic carbocycles. The maximum atomic E-state index is 12.5. The lowest BCUT2D eigenvalue weighted by atomic mass is 10.1. The van der Waals surface area contributed by atoms with E-state index in [9.17, 15) is 23.1 Å². The number of rotatable bonds is 5. The van der Waals surface area contributed by atoms with Crippen molar-refractivity contribution in [1.82, 2.24) is 10.2 Å². The van der Waals surface area contributed by atoms with Crippen LogP contribution in [0.1, 0.15) is 17.2 Å². The maximum Gasteiger partial charge on any atom is 0.416 e. The third kappa shape index (κ3) is 4.82. The van der Waals surface area contributed by atoms with E-state index in [1.54, 1.807) is 14.1 Å². The molecule has 1 atom stereocenters. The highest BCUT2D eigenvalue weighted by molar-refractivity contribution is 5.77. The fourth-order valence-corrected chi connectivity index (χ4v) is 1.51. The van der Waals surface area contributed by atoms with E-state index in [2.05, 4.69) is 5.32 Å². The number of amides is 1. The number of aliphatic hydroxyl groups excluding tert-OH is 1. The summed E-state index contributed by atoms with van der Waals surface area (Å²) in [6.07, 6.45) is -5.54. The largest absolute Gasteiger partial charge is 0.416 e. The maximum absolute atomic E-state index is 12.5. The summed E-state index contributed by atoms with van der Waals surface area (Å²) >= 11 is 0. The van der Waals surface area contributed by atoms with E-state index >= 15 is 0 Å². The molecular weight excluding hydrogens is 273 g/mol. The second-order valence-electron chi connectivity index (χ2n) is 4.56. The van der Waals surface area contributed by atoms with Crippen LogP contribution >= 0.6 is 0 Å². The smallest absolute Gasteiger partial charge is 0.387 e. The second kappa shape index (κ2) is 6.71. The molecule has 1 aromatic rings. The van der Waals surface area contributed by atoms with Crippen LogP contribution in [0.5, 0.6) is 0 Å². The second-order valence-corrected chi connectivity index (χ2v) is 4.56. The zero-order valence-electron chi connectivity index (χ0n) is 11.2. The Kier molecular flexibility index (Phi) is 5.52. The van der Waals surface area contributed by atoms with Gasteiger partial charge in [-0.3, -0.25) is 4.79 Å². The minimum Gasteiger partial charge on any atom is -0.387 e. The summed E-state index contributed by atoms with van der Waals surface area (Å²) in [5.74, 6) is -0.179. The van der Waals surface area contributed by atoms with Gasteiger partial charge in [-0.2, -0.15) is 13.2 Å². The van der Waals surface area contributed by atoms with Crippen LogP contribution in [-0.2, 0) is 11.0 Å². The molecule has 2 N–H and O–H groups in total. The Balaban J connectivity index is 2.60. The minimum absolute atomic E-state index is 0.000883. The number of hydrogen-bond acceptors (Lipinski definition) is 3. The van der Waals surface area contributed by atoms with Gasteiger partial charge >= 0.3 is 6.18 Å². The number of nitrogens with one attached hydrogen (secondary N) is 1. The Hall–Kier alpha value is -1.60. The third-order valence-corrected chi connectivity index (χ3v) is 2.71. The molecule has 0 aromatic heterocycles. The van der Waals surface area contributed by atoms with Crippen molar-refractivity contribution in [1.29, 1.82) is 0 Å². The topological polar surface area (TPSA) is 52.6 Å². The molecule has 0 saturated heterocycles. The summed E-state index contributed by atoms with van der Waals surface area (Å²) in [4.78, 5) is 12.7. The fraction of sp³-hybridized carbons (Fsp3) is 0.462. The average molecular weight is 290 g/mol. The highest BCUT2D eigenvalue weighted by Gasteiger charge is 2.30. The number of benzene rings is 1. The van der Waals surface area contributed by atoms with E-state index in [-0.39, 0.29) is 24.6 Å². The fourth-order valence-electron chi connectivity index (χ4n) is 1.51. The van der Waals surface area contributed by atoms with Gasteiger partial charge in [0.25, 0.3) is 0 Å². The molecule has 0 aliphatic rings. The highest BCUT2D eigenvalue weighted by Crippen LogP contribution is 2.30. The van der Waals surface area contributed by atoms with E-state index in [0.717, 1.165) is 12.1 Å². The van der Waals surface area contributed by atoms with Crippen molar-refractivity contribution in [2.24, 2.45) is 0 Å². The first-order chi connectivity index (χ1) is 9.21. The van der Waals surface area contributed by atoms with Crippen molar-refractivity contribution in [3.8, 4) is 0 Å². The summed E-state index contributed by atoms with van der Waals surface area (Å²) < 4.78 is 37.6. The first-order valence-corrected chi connectivity index (χ1v) is 5.98. The number of alkyl halides is 3. The van der Waals surface area contributed by atoms with Crippen LogP contribution in [0.4, 0.5) is 13.2 Å². The van der Waals surface area contributed by atoms with Gasteiger partial charge in [-0.25, -0.2) is 0 Å². The molecule has 0 bridgehead atoms. The Bertz CT molecular complexity index is 461. The summed E-state index contributed by atoms with van der Waals surface area (Å²) in [6.45, 7) is 0.0178. The van der Waals surface area contributed by atoms with Crippen molar-refractivity contribution in [2.75, 3.05) is 27.2 Å². The summed E-state index contributed by atoms with van der Waals surface area (Å²) in [7, 11) is 3.18. The molecule has 0 aliphatic heterocycles. The number of halogens is 3. The molecule has 7 heteroatoms. The summed E-state index contributed by atoms with van der Waals surface area (Å²) in [5, 5.41) is 12.5. The van der Waals surface area contributed by atoms with Gasteiger partial charge in [0, 0.05) is 20.6 Å². The summed E-state index contributed by atoms with van der Waals surface area (Å²) in [5.41, 5.74) is -0.650. The molecule has 1 rings (SSSR count). The number of carbonyl (C=O) groups is 1. The van der Waals surface area contributed by atoms with Gasteiger partial charge < -0.3 is 15.3 Å². The van der Waals surface area contributed by atoms with Crippen LogP contribution in [0.15, 0.2) is 24.3 Å². The zero-order chi connectivity index (χ0) is 15.3.